The predicted molar refractivity (Wildman–Crippen MR) is 62.7 cm³/mol. The number of aliphatic hydroxyl groups excluding tert-OH is 1. The SMILES string of the molecule is CCCCCCO.Clc1ccccc1. The minimum absolute atomic E-state index is 0.361. The minimum Gasteiger partial charge on any atom is -0.396 e. The summed E-state index contributed by atoms with van der Waals surface area (Å²) < 4.78 is 0. The number of benzene rings is 1. The molecule has 80 valence electrons. The van der Waals surface area contributed by atoms with Gasteiger partial charge < -0.3 is 5.11 Å². The highest BCUT2D eigenvalue weighted by molar-refractivity contribution is 6.30. The Balaban J connectivity index is 0.000000241. The summed E-state index contributed by atoms with van der Waals surface area (Å²) >= 11 is 5.54. The van der Waals surface area contributed by atoms with E-state index in [0.29, 0.717) is 6.61 Å². The van der Waals surface area contributed by atoms with Crippen LogP contribution in [-0.4, -0.2) is 11.7 Å². The molecule has 0 aliphatic rings. The maximum Gasteiger partial charge on any atom is 0.0431 e. The summed E-state index contributed by atoms with van der Waals surface area (Å²) in [6, 6.07) is 9.44. The molecule has 1 rings (SSSR count). The van der Waals surface area contributed by atoms with Gasteiger partial charge in [-0.15, -0.1) is 0 Å². The fourth-order valence-corrected chi connectivity index (χ4v) is 1.10. The third kappa shape index (κ3) is 9.56. The van der Waals surface area contributed by atoms with Gasteiger partial charge in [-0.25, -0.2) is 0 Å². The number of hydrogen-bond acceptors (Lipinski definition) is 1. The highest BCUT2D eigenvalue weighted by Crippen LogP contribution is 2.03. The molecule has 0 saturated carbocycles. The molecule has 14 heavy (non-hydrogen) atoms. The molecule has 1 N–H and O–H groups in total. The number of hydrogen-bond donors (Lipinski definition) is 1. The van der Waals surface area contributed by atoms with Gasteiger partial charge in [-0.3, -0.25) is 0 Å². The summed E-state index contributed by atoms with van der Waals surface area (Å²) in [5, 5.41) is 9.09. The van der Waals surface area contributed by atoms with Gasteiger partial charge in [-0.05, 0) is 18.6 Å². The van der Waals surface area contributed by atoms with E-state index in [-0.39, 0.29) is 0 Å². The number of unbranched alkanes of at least 4 members (excludes halogenated alkanes) is 3. The molecule has 1 nitrogen and oxygen atoms in total. The van der Waals surface area contributed by atoms with E-state index in [4.69, 9.17) is 16.7 Å². The number of aliphatic hydroxyl groups is 1. The third-order valence-electron chi connectivity index (χ3n) is 1.74. The van der Waals surface area contributed by atoms with Crippen molar-refractivity contribution < 1.29 is 5.11 Å². The Kier molecular flexibility index (Phi) is 10.2. The van der Waals surface area contributed by atoms with E-state index in [1.807, 2.05) is 30.3 Å². The lowest BCUT2D eigenvalue weighted by molar-refractivity contribution is 0.283. The molecule has 0 bridgehead atoms. The highest BCUT2D eigenvalue weighted by atomic mass is 35.5. The van der Waals surface area contributed by atoms with Gasteiger partial charge in [0.15, 0.2) is 0 Å². The normalized spacial score (nSPS) is 9.07. The molecule has 0 atom stereocenters. The molecule has 2 heteroatoms. The summed E-state index contributed by atoms with van der Waals surface area (Å²) in [4.78, 5) is 0. The zero-order valence-electron chi connectivity index (χ0n) is 8.75. The van der Waals surface area contributed by atoms with Crippen molar-refractivity contribution in [2.24, 2.45) is 0 Å². The first-order valence-electron chi connectivity index (χ1n) is 5.12. The Hall–Kier alpha value is -0.530. The second kappa shape index (κ2) is 10.6. The summed E-state index contributed by atoms with van der Waals surface area (Å²) in [6.45, 7) is 2.53. The fraction of sp³-hybridized carbons (Fsp3) is 0.500. The van der Waals surface area contributed by atoms with Crippen LogP contribution in [0.5, 0.6) is 0 Å². The lowest BCUT2D eigenvalue weighted by atomic mass is 10.2. The first kappa shape index (κ1) is 13.5. The topological polar surface area (TPSA) is 20.2 Å². The van der Waals surface area contributed by atoms with E-state index in [1.54, 1.807) is 0 Å². The van der Waals surface area contributed by atoms with E-state index in [1.165, 1.54) is 19.3 Å². The highest BCUT2D eigenvalue weighted by Gasteiger charge is 1.80. The minimum atomic E-state index is 0.361. The quantitative estimate of drug-likeness (QED) is 0.754. The maximum absolute atomic E-state index is 8.29. The van der Waals surface area contributed by atoms with E-state index < -0.39 is 0 Å². The summed E-state index contributed by atoms with van der Waals surface area (Å²) in [5.74, 6) is 0. The van der Waals surface area contributed by atoms with Crippen LogP contribution < -0.4 is 0 Å². The average molecular weight is 215 g/mol. The predicted octanol–water partition coefficient (Wildman–Crippen LogP) is 3.90. The molecule has 0 amide bonds. The van der Waals surface area contributed by atoms with Crippen LogP contribution in [0.15, 0.2) is 30.3 Å². The lowest BCUT2D eigenvalue weighted by Crippen LogP contribution is -1.80. The zero-order chi connectivity index (χ0) is 10.6. The van der Waals surface area contributed by atoms with Crippen molar-refractivity contribution in [2.75, 3.05) is 6.61 Å². The van der Waals surface area contributed by atoms with Gasteiger partial charge in [0.2, 0.25) is 0 Å². The van der Waals surface area contributed by atoms with Crippen molar-refractivity contribution in [2.45, 2.75) is 32.6 Å². The van der Waals surface area contributed by atoms with Gasteiger partial charge in [-0.1, -0.05) is 56.0 Å². The van der Waals surface area contributed by atoms with Crippen molar-refractivity contribution in [1.82, 2.24) is 0 Å². The van der Waals surface area contributed by atoms with Crippen LogP contribution in [0, 0.1) is 0 Å². The Morgan fingerprint density at radius 2 is 1.71 bits per heavy atom. The first-order valence-corrected chi connectivity index (χ1v) is 5.50. The van der Waals surface area contributed by atoms with Gasteiger partial charge in [0.25, 0.3) is 0 Å². The summed E-state index contributed by atoms with van der Waals surface area (Å²) in [6.07, 6.45) is 4.68. The van der Waals surface area contributed by atoms with E-state index in [2.05, 4.69) is 6.92 Å². The summed E-state index contributed by atoms with van der Waals surface area (Å²) in [7, 11) is 0. The molecule has 0 aromatic heterocycles. The molecule has 0 spiro atoms. The van der Waals surface area contributed by atoms with Gasteiger partial charge in [0, 0.05) is 11.6 Å². The Bertz CT molecular complexity index is 195. The van der Waals surface area contributed by atoms with E-state index in [0.717, 1.165) is 11.4 Å². The summed E-state index contributed by atoms with van der Waals surface area (Å²) in [5.41, 5.74) is 0. The molecular weight excluding hydrogens is 196 g/mol. The Morgan fingerprint density at radius 1 is 1.07 bits per heavy atom. The van der Waals surface area contributed by atoms with Crippen molar-refractivity contribution in [3.05, 3.63) is 35.4 Å². The average Bonchev–Trinajstić information content (AvgIpc) is 2.21. The molecule has 0 fully saturated rings. The number of halogens is 1. The zero-order valence-corrected chi connectivity index (χ0v) is 9.50. The van der Waals surface area contributed by atoms with Gasteiger partial charge in [-0.2, -0.15) is 0 Å². The van der Waals surface area contributed by atoms with Crippen molar-refractivity contribution >= 4 is 11.6 Å². The molecule has 0 heterocycles. The number of rotatable bonds is 4. The first-order chi connectivity index (χ1) is 6.81. The third-order valence-corrected chi connectivity index (χ3v) is 2.00. The van der Waals surface area contributed by atoms with Crippen LogP contribution in [0.1, 0.15) is 32.6 Å². The molecular formula is C12H19ClO. The largest absolute Gasteiger partial charge is 0.396 e. The van der Waals surface area contributed by atoms with Gasteiger partial charge >= 0.3 is 0 Å². The van der Waals surface area contributed by atoms with E-state index >= 15 is 0 Å². The second-order valence-electron chi connectivity index (χ2n) is 3.08. The standard InChI is InChI=1S/C6H5Cl.C6H14O/c7-6-4-2-1-3-5-6;1-2-3-4-5-6-7/h1-5H;7H,2-6H2,1H3. The van der Waals surface area contributed by atoms with Crippen molar-refractivity contribution in [3.63, 3.8) is 0 Å². The second-order valence-corrected chi connectivity index (χ2v) is 3.52. The van der Waals surface area contributed by atoms with Crippen LogP contribution in [0.4, 0.5) is 0 Å². The molecule has 1 aromatic rings. The van der Waals surface area contributed by atoms with Crippen LogP contribution in [-0.2, 0) is 0 Å². The van der Waals surface area contributed by atoms with E-state index in [9.17, 15) is 0 Å². The Labute approximate surface area is 91.7 Å². The molecule has 0 saturated heterocycles. The van der Waals surface area contributed by atoms with Gasteiger partial charge in [0.05, 0.1) is 0 Å². The molecule has 0 unspecified atom stereocenters. The van der Waals surface area contributed by atoms with Crippen LogP contribution in [0.2, 0.25) is 5.02 Å². The van der Waals surface area contributed by atoms with Crippen LogP contribution in [0.25, 0.3) is 0 Å². The maximum atomic E-state index is 8.29. The van der Waals surface area contributed by atoms with Gasteiger partial charge in [0.1, 0.15) is 0 Å². The lowest BCUT2D eigenvalue weighted by Gasteiger charge is -1.90. The molecule has 0 aliphatic carbocycles. The fourth-order valence-electron chi connectivity index (χ4n) is 0.953. The molecule has 0 radical (unpaired) electrons. The monoisotopic (exact) mass is 214 g/mol. The smallest absolute Gasteiger partial charge is 0.0431 e. The van der Waals surface area contributed by atoms with Crippen molar-refractivity contribution in [1.29, 1.82) is 0 Å². The van der Waals surface area contributed by atoms with Crippen LogP contribution in [0.3, 0.4) is 0 Å². The van der Waals surface area contributed by atoms with Crippen LogP contribution >= 0.6 is 11.6 Å². The molecule has 0 aliphatic heterocycles. The molecule has 1 aromatic carbocycles. The van der Waals surface area contributed by atoms with Crippen molar-refractivity contribution in [3.8, 4) is 0 Å². The Morgan fingerprint density at radius 3 is 2.07 bits per heavy atom.